The summed E-state index contributed by atoms with van der Waals surface area (Å²) in [5, 5.41) is 13.0. The highest BCUT2D eigenvalue weighted by atomic mass is 16.3. The maximum atomic E-state index is 8.82. The third-order valence-electron chi connectivity index (χ3n) is 1.90. The van der Waals surface area contributed by atoms with Crippen LogP contribution in [0.15, 0.2) is 28.9 Å². The molecule has 0 unspecified atom stereocenters. The van der Waals surface area contributed by atoms with E-state index in [0.29, 0.717) is 12.2 Å². The number of hydrogen-bond donors (Lipinski definition) is 0. The predicted octanol–water partition coefficient (Wildman–Crippen LogP) is 1.70. The second-order valence-corrected chi connectivity index (χ2v) is 3.02. The van der Waals surface area contributed by atoms with E-state index in [1.54, 1.807) is 17.0 Å². The lowest BCUT2D eigenvalue weighted by Gasteiger charge is -1.98. The van der Waals surface area contributed by atoms with Crippen molar-refractivity contribution in [2.75, 3.05) is 0 Å². The van der Waals surface area contributed by atoms with E-state index >= 15 is 0 Å². The first-order valence-electron chi connectivity index (χ1n) is 4.26. The largest absolute Gasteiger partial charge is 0.467 e. The van der Waals surface area contributed by atoms with Gasteiger partial charge in [-0.15, -0.1) is 0 Å². The zero-order valence-electron chi connectivity index (χ0n) is 7.77. The summed E-state index contributed by atoms with van der Waals surface area (Å²) in [4.78, 5) is 0. The van der Waals surface area contributed by atoms with Crippen LogP contribution in [0.5, 0.6) is 0 Å². The number of hydrogen-bond acceptors (Lipinski definition) is 3. The molecule has 0 N–H and O–H groups in total. The van der Waals surface area contributed by atoms with Crippen LogP contribution in [0.1, 0.15) is 17.1 Å². The summed E-state index contributed by atoms with van der Waals surface area (Å²) in [6.07, 6.45) is 1.61. The third kappa shape index (κ3) is 1.52. The van der Waals surface area contributed by atoms with Gasteiger partial charge in [0, 0.05) is 0 Å². The maximum Gasteiger partial charge on any atom is 0.139 e. The van der Waals surface area contributed by atoms with Crippen LogP contribution in [0.25, 0.3) is 0 Å². The predicted molar refractivity (Wildman–Crippen MR) is 49.5 cm³/mol. The van der Waals surface area contributed by atoms with Crippen molar-refractivity contribution >= 4 is 0 Å². The molecule has 0 fully saturated rings. The Bertz CT molecular complexity index is 462. The molecule has 70 valence electrons. The highest BCUT2D eigenvalue weighted by Gasteiger charge is 2.05. The van der Waals surface area contributed by atoms with Crippen LogP contribution in [0, 0.1) is 18.3 Å². The molecule has 0 spiro atoms. The van der Waals surface area contributed by atoms with Gasteiger partial charge in [0.1, 0.15) is 24.1 Å². The highest BCUT2D eigenvalue weighted by molar-refractivity contribution is 5.23. The molecule has 0 radical (unpaired) electrons. The summed E-state index contributed by atoms with van der Waals surface area (Å²) < 4.78 is 6.81. The smallest absolute Gasteiger partial charge is 0.139 e. The van der Waals surface area contributed by atoms with E-state index in [-0.39, 0.29) is 0 Å². The fourth-order valence-electron chi connectivity index (χ4n) is 1.31. The Hall–Kier alpha value is -2.02. The number of nitriles is 1. The molecule has 0 bridgehead atoms. The molecule has 0 amide bonds. The van der Waals surface area contributed by atoms with Crippen LogP contribution >= 0.6 is 0 Å². The Labute approximate surface area is 81.4 Å². The molecule has 4 nitrogen and oxygen atoms in total. The molecule has 2 rings (SSSR count). The van der Waals surface area contributed by atoms with Gasteiger partial charge in [0.05, 0.1) is 12.0 Å². The van der Waals surface area contributed by atoms with Crippen molar-refractivity contribution in [2.45, 2.75) is 13.5 Å². The standard InChI is InChI=1S/C10H9N3O/c1-8-5-9(6-11)13(12-8)7-10-3-2-4-14-10/h2-5H,7H2,1H3. The van der Waals surface area contributed by atoms with Crippen molar-refractivity contribution in [1.82, 2.24) is 9.78 Å². The first kappa shape index (κ1) is 8.57. The summed E-state index contributed by atoms with van der Waals surface area (Å²) in [6.45, 7) is 2.36. The molecule has 2 aromatic rings. The van der Waals surface area contributed by atoms with Crippen LogP contribution < -0.4 is 0 Å². The lowest BCUT2D eigenvalue weighted by molar-refractivity contribution is 0.478. The number of nitrogens with zero attached hydrogens (tertiary/aromatic N) is 3. The van der Waals surface area contributed by atoms with Gasteiger partial charge in [-0.2, -0.15) is 10.4 Å². The quantitative estimate of drug-likeness (QED) is 0.719. The van der Waals surface area contributed by atoms with Crippen LogP contribution in [-0.2, 0) is 6.54 Å². The minimum absolute atomic E-state index is 0.504. The van der Waals surface area contributed by atoms with Gasteiger partial charge < -0.3 is 4.42 Å². The van der Waals surface area contributed by atoms with E-state index in [1.165, 1.54) is 0 Å². The Morgan fingerprint density at radius 2 is 2.50 bits per heavy atom. The molecule has 0 aliphatic rings. The van der Waals surface area contributed by atoms with Crippen molar-refractivity contribution in [3.63, 3.8) is 0 Å². The molecule has 4 heteroatoms. The lowest BCUT2D eigenvalue weighted by atomic mass is 10.4. The van der Waals surface area contributed by atoms with Gasteiger partial charge in [0.15, 0.2) is 0 Å². The zero-order valence-corrected chi connectivity index (χ0v) is 7.77. The van der Waals surface area contributed by atoms with E-state index < -0.39 is 0 Å². The third-order valence-corrected chi connectivity index (χ3v) is 1.90. The minimum Gasteiger partial charge on any atom is -0.467 e. The van der Waals surface area contributed by atoms with Crippen molar-refractivity contribution in [3.8, 4) is 6.07 Å². The van der Waals surface area contributed by atoms with E-state index in [2.05, 4.69) is 11.2 Å². The van der Waals surface area contributed by atoms with Gasteiger partial charge in [0.25, 0.3) is 0 Å². The second kappa shape index (κ2) is 3.38. The molecular weight excluding hydrogens is 178 g/mol. The second-order valence-electron chi connectivity index (χ2n) is 3.02. The van der Waals surface area contributed by atoms with Gasteiger partial charge in [-0.3, -0.25) is 0 Å². The molecule has 0 aromatic carbocycles. The highest BCUT2D eigenvalue weighted by Crippen LogP contribution is 2.07. The van der Waals surface area contributed by atoms with Gasteiger partial charge in [-0.05, 0) is 25.1 Å². The Morgan fingerprint density at radius 3 is 3.14 bits per heavy atom. The normalized spacial score (nSPS) is 10.0. The van der Waals surface area contributed by atoms with Crippen molar-refractivity contribution in [2.24, 2.45) is 0 Å². The number of aromatic nitrogens is 2. The molecule has 0 saturated carbocycles. The van der Waals surface area contributed by atoms with E-state index in [9.17, 15) is 0 Å². The number of aryl methyl sites for hydroxylation is 1. The van der Waals surface area contributed by atoms with Crippen molar-refractivity contribution < 1.29 is 4.42 Å². The Balaban J connectivity index is 2.29. The molecular formula is C10H9N3O. The number of furan rings is 1. The zero-order chi connectivity index (χ0) is 9.97. The average Bonchev–Trinajstić information content (AvgIpc) is 2.76. The molecule has 14 heavy (non-hydrogen) atoms. The van der Waals surface area contributed by atoms with Gasteiger partial charge in [-0.25, -0.2) is 4.68 Å². The van der Waals surface area contributed by atoms with Crippen LogP contribution in [0.3, 0.4) is 0 Å². The summed E-state index contributed by atoms with van der Waals surface area (Å²) in [5.41, 5.74) is 1.40. The summed E-state index contributed by atoms with van der Waals surface area (Å²) in [6, 6.07) is 7.52. The fourth-order valence-corrected chi connectivity index (χ4v) is 1.31. The van der Waals surface area contributed by atoms with Crippen molar-refractivity contribution in [1.29, 1.82) is 5.26 Å². The van der Waals surface area contributed by atoms with Crippen LogP contribution in [0.2, 0.25) is 0 Å². The monoisotopic (exact) mass is 187 g/mol. The van der Waals surface area contributed by atoms with Crippen LogP contribution in [-0.4, -0.2) is 9.78 Å². The molecule has 0 atom stereocenters. The van der Waals surface area contributed by atoms with Gasteiger partial charge in [-0.1, -0.05) is 0 Å². The minimum atomic E-state index is 0.504. The van der Waals surface area contributed by atoms with Gasteiger partial charge >= 0.3 is 0 Å². The van der Waals surface area contributed by atoms with E-state index in [4.69, 9.17) is 9.68 Å². The topological polar surface area (TPSA) is 54.8 Å². The molecule has 2 aromatic heterocycles. The van der Waals surface area contributed by atoms with E-state index in [1.807, 2.05) is 19.1 Å². The Morgan fingerprint density at radius 1 is 1.64 bits per heavy atom. The summed E-state index contributed by atoms with van der Waals surface area (Å²) >= 11 is 0. The maximum absolute atomic E-state index is 8.82. The number of rotatable bonds is 2. The summed E-state index contributed by atoms with van der Waals surface area (Å²) in [5.74, 6) is 0.796. The molecule has 0 saturated heterocycles. The molecule has 2 heterocycles. The first-order valence-corrected chi connectivity index (χ1v) is 4.26. The van der Waals surface area contributed by atoms with Crippen molar-refractivity contribution in [3.05, 3.63) is 41.6 Å². The lowest BCUT2D eigenvalue weighted by Crippen LogP contribution is -2.03. The molecule has 0 aliphatic heterocycles. The SMILES string of the molecule is Cc1cc(C#N)n(Cc2ccco2)n1. The van der Waals surface area contributed by atoms with E-state index in [0.717, 1.165) is 11.5 Å². The average molecular weight is 187 g/mol. The molecule has 0 aliphatic carbocycles. The van der Waals surface area contributed by atoms with Gasteiger partial charge in [0.2, 0.25) is 0 Å². The Kier molecular flexibility index (Phi) is 2.07. The summed E-state index contributed by atoms with van der Waals surface area (Å²) in [7, 11) is 0. The first-order chi connectivity index (χ1) is 6.79. The fraction of sp³-hybridized carbons (Fsp3) is 0.200. The van der Waals surface area contributed by atoms with Crippen LogP contribution in [0.4, 0.5) is 0 Å².